The van der Waals surface area contributed by atoms with Crippen LogP contribution in [0.5, 0.6) is 0 Å². The summed E-state index contributed by atoms with van der Waals surface area (Å²) < 4.78 is 23.0. The van der Waals surface area contributed by atoms with Crippen LogP contribution in [-0.2, 0) is 9.84 Å². The molecule has 0 unspecified atom stereocenters. The Morgan fingerprint density at radius 1 is 1.50 bits per heavy atom. The molecule has 1 fully saturated rings. The lowest BCUT2D eigenvalue weighted by Crippen LogP contribution is -2.35. The van der Waals surface area contributed by atoms with Crippen LogP contribution < -0.4 is 5.32 Å². The van der Waals surface area contributed by atoms with E-state index in [-0.39, 0.29) is 11.8 Å². The topological polar surface area (TPSA) is 59.1 Å². The normalized spacial score (nSPS) is 23.9. The Balaban J connectivity index is 2.08. The maximum Gasteiger partial charge on any atom is 0.152 e. The number of hydrogen-bond donors (Lipinski definition) is 1. The first-order valence-corrected chi connectivity index (χ1v) is 7.27. The number of sulfone groups is 1. The van der Waals surface area contributed by atoms with E-state index in [1.54, 1.807) is 6.20 Å². The van der Waals surface area contributed by atoms with Gasteiger partial charge < -0.3 is 5.32 Å². The van der Waals surface area contributed by atoms with E-state index in [4.69, 9.17) is 0 Å². The average Bonchev–Trinajstić information content (AvgIpc) is 2.20. The van der Waals surface area contributed by atoms with Gasteiger partial charge in [-0.2, -0.15) is 0 Å². The van der Waals surface area contributed by atoms with Crippen molar-refractivity contribution >= 4 is 15.5 Å². The third-order valence-corrected chi connectivity index (χ3v) is 4.65. The van der Waals surface area contributed by atoms with Gasteiger partial charge in [0.25, 0.3) is 0 Å². The molecule has 4 nitrogen and oxygen atoms in total. The molecule has 2 rings (SSSR count). The maximum absolute atomic E-state index is 11.5. The lowest BCUT2D eigenvalue weighted by Gasteiger charge is -2.24. The van der Waals surface area contributed by atoms with Crippen molar-refractivity contribution in [3.05, 3.63) is 24.0 Å². The predicted molar refractivity (Wildman–Crippen MR) is 64.3 cm³/mol. The molecule has 1 aliphatic heterocycles. The zero-order chi connectivity index (χ0) is 11.6. The van der Waals surface area contributed by atoms with Gasteiger partial charge in [0.05, 0.1) is 22.9 Å². The summed E-state index contributed by atoms with van der Waals surface area (Å²) in [7, 11) is -2.85. The van der Waals surface area contributed by atoms with Crippen molar-refractivity contribution in [3.8, 4) is 0 Å². The summed E-state index contributed by atoms with van der Waals surface area (Å²) in [4.78, 5) is 4.17. The monoisotopic (exact) mass is 240 g/mol. The molecule has 1 aromatic heterocycles. The van der Waals surface area contributed by atoms with Gasteiger partial charge in [0.15, 0.2) is 9.84 Å². The Hall–Kier alpha value is -1.10. The average molecular weight is 240 g/mol. The lowest BCUT2D eigenvalue weighted by molar-refractivity contribution is 0.562. The van der Waals surface area contributed by atoms with Crippen molar-refractivity contribution in [2.75, 3.05) is 16.8 Å². The van der Waals surface area contributed by atoms with Crippen molar-refractivity contribution in [3.63, 3.8) is 0 Å². The van der Waals surface area contributed by atoms with E-state index in [1.807, 2.05) is 19.1 Å². The number of aromatic nitrogens is 1. The first-order valence-electron chi connectivity index (χ1n) is 5.45. The molecule has 0 saturated carbocycles. The van der Waals surface area contributed by atoms with Crippen LogP contribution in [0.1, 0.15) is 18.5 Å². The van der Waals surface area contributed by atoms with Gasteiger partial charge in [0, 0.05) is 12.2 Å². The number of pyridine rings is 1. The summed E-state index contributed by atoms with van der Waals surface area (Å²) in [5.74, 6) is 0.568. The van der Waals surface area contributed by atoms with Crippen molar-refractivity contribution in [2.24, 2.45) is 0 Å². The molecule has 2 heterocycles. The molecular weight excluding hydrogens is 224 g/mol. The van der Waals surface area contributed by atoms with Crippen molar-refractivity contribution in [2.45, 2.75) is 25.8 Å². The molecule has 1 aliphatic rings. The molecule has 1 saturated heterocycles. The zero-order valence-electron chi connectivity index (χ0n) is 9.31. The second-order valence-electron chi connectivity index (χ2n) is 4.23. The predicted octanol–water partition coefficient (Wildman–Crippen LogP) is 1.38. The molecule has 1 atom stereocenters. The van der Waals surface area contributed by atoms with E-state index < -0.39 is 9.84 Å². The minimum Gasteiger partial charge on any atom is -0.380 e. The third kappa shape index (κ3) is 2.72. The van der Waals surface area contributed by atoms with Gasteiger partial charge in [-0.25, -0.2) is 8.42 Å². The van der Waals surface area contributed by atoms with Crippen LogP contribution in [0.2, 0.25) is 0 Å². The summed E-state index contributed by atoms with van der Waals surface area (Å²) in [5, 5.41) is 3.26. The number of hydrogen-bond acceptors (Lipinski definition) is 4. The first kappa shape index (κ1) is 11.4. The summed E-state index contributed by atoms with van der Waals surface area (Å²) in [6.07, 6.45) is 3.39. The van der Waals surface area contributed by atoms with Gasteiger partial charge in [-0.3, -0.25) is 4.98 Å². The molecular formula is C11H16N2O2S. The van der Waals surface area contributed by atoms with Gasteiger partial charge in [-0.1, -0.05) is 0 Å². The highest BCUT2D eigenvalue weighted by Gasteiger charge is 2.24. The van der Waals surface area contributed by atoms with Gasteiger partial charge in [0.1, 0.15) is 0 Å². The van der Waals surface area contributed by atoms with Gasteiger partial charge >= 0.3 is 0 Å². The van der Waals surface area contributed by atoms with Crippen LogP contribution in [0.4, 0.5) is 5.69 Å². The molecule has 0 radical (unpaired) electrons. The molecule has 0 bridgehead atoms. The Morgan fingerprint density at radius 3 is 3.00 bits per heavy atom. The van der Waals surface area contributed by atoms with Crippen molar-refractivity contribution in [1.82, 2.24) is 4.98 Å². The van der Waals surface area contributed by atoms with E-state index >= 15 is 0 Å². The summed E-state index contributed by atoms with van der Waals surface area (Å²) in [6, 6.07) is 3.82. The minimum absolute atomic E-state index is 0.0293. The smallest absolute Gasteiger partial charge is 0.152 e. The molecule has 0 aliphatic carbocycles. The molecule has 16 heavy (non-hydrogen) atoms. The Labute approximate surface area is 96.0 Å². The quantitative estimate of drug-likeness (QED) is 0.848. The van der Waals surface area contributed by atoms with Crippen LogP contribution in [0.3, 0.4) is 0 Å². The van der Waals surface area contributed by atoms with Crippen LogP contribution in [0, 0.1) is 6.92 Å². The van der Waals surface area contributed by atoms with Gasteiger partial charge in [0.2, 0.25) is 0 Å². The minimum atomic E-state index is -2.85. The fraction of sp³-hybridized carbons (Fsp3) is 0.545. The van der Waals surface area contributed by atoms with Crippen LogP contribution in [0.25, 0.3) is 0 Å². The maximum atomic E-state index is 11.5. The number of aryl methyl sites for hydroxylation is 1. The molecule has 1 N–H and O–H groups in total. The fourth-order valence-electron chi connectivity index (χ4n) is 1.99. The molecule has 88 valence electrons. The lowest BCUT2D eigenvalue weighted by atomic mass is 10.1. The second kappa shape index (κ2) is 4.41. The largest absolute Gasteiger partial charge is 0.380 e. The molecule has 0 spiro atoms. The molecule has 1 aromatic rings. The van der Waals surface area contributed by atoms with Crippen LogP contribution in [-0.4, -0.2) is 30.9 Å². The standard InChI is InChI=1S/C11H16N2O2S/c1-9-11(5-2-6-12-9)13-10-4-3-7-16(14,15)8-10/h2,5-6,10,13H,3-4,7-8H2,1H3/t10-/m1/s1. The fourth-order valence-corrected chi connectivity index (χ4v) is 3.63. The number of anilines is 1. The number of nitrogens with zero attached hydrogens (tertiary/aromatic N) is 1. The highest BCUT2D eigenvalue weighted by Crippen LogP contribution is 2.18. The summed E-state index contributed by atoms with van der Waals surface area (Å²) in [5.41, 5.74) is 1.84. The highest BCUT2D eigenvalue weighted by atomic mass is 32.2. The van der Waals surface area contributed by atoms with Gasteiger partial charge in [-0.15, -0.1) is 0 Å². The SMILES string of the molecule is Cc1ncccc1N[C@@H]1CCCS(=O)(=O)C1. The molecule has 5 heteroatoms. The van der Waals surface area contributed by atoms with E-state index in [2.05, 4.69) is 10.3 Å². The van der Waals surface area contributed by atoms with E-state index in [9.17, 15) is 8.42 Å². The van der Waals surface area contributed by atoms with Crippen LogP contribution >= 0.6 is 0 Å². The number of nitrogens with one attached hydrogen (secondary N) is 1. The van der Waals surface area contributed by atoms with Gasteiger partial charge in [-0.05, 0) is 31.9 Å². The van der Waals surface area contributed by atoms with Crippen molar-refractivity contribution < 1.29 is 8.42 Å². The first-order chi connectivity index (χ1) is 7.57. The van der Waals surface area contributed by atoms with Crippen LogP contribution in [0.15, 0.2) is 18.3 Å². The second-order valence-corrected chi connectivity index (χ2v) is 6.46. The Kier molecular flexibility index (Phi) is 3.14. The molecule has 0 amide bonds. The Bertz CT molecular complexity index is 471. The third-order valence-electron chi connectivity index (χ3n) is 2.83. The summed E-state index contributed by atoms with van der Waals surface area (Å²) >= 11 is 0. The number of rotatable bonds is 2. The Morgan fingerprint density at radius 2 is 2.31 bits per heavy atom. The van der Waals surface area contributed by atoms with Crippen molar-refractivity contribution in [1.29, 1.82) is 0 Å². The zero-order valence-corrected chi connectivity index (χ0v) is 10.1. The van der Waals surface area contributed by atoms with E-state index in [0.717, 1.165) is 24.2 Å². The highest BCUT2D eigenvalue weighted by molar-refractivity contribution is 7.91. The van der Waals surface area contributed by atoms with E-state index in [0.29, 0.717) is 5.75 Å². The summed E-state index contributed by atoms with van der Waals surface area (Å²) in [6.45, 7) is 1.92. The van der Waals surface area contributed by atoms with E-state index in [1.165, 1.54) is 0 Å². The molecule has 0 aromatic carbocycles.